The monoisotopic (exact) mass is 372 g/mol. The normalized spacial score (nSPS) is 11.6. The van der Waals surface area contributed by atoms with Crippen LogP contribution in [0.3, 0.4) is 0 Å². The Morgan fingerprint density at radius 3 is 2.42 bits per heavy atom. The van der Waals surface area contributed by atoms with Crippen molar-refractivity contribution in [3.8, 4) is 0 Å². The van der Waals surface area contributed by atoms with Gasteiger partial charge in [-0.05, 0) is 36.1 Å². The van der Waals surface area contributed by atoms with E-state index >= 15 is 0 Å². The fourth-order valence-electron chi connectivity index (χ4n) is 2.40. The molecule has 0 saturated heterocycles. The number of hydrogen-bond donors (Lipinski definition) is 2. The topological polar surface area (TPSA) is 75.3 Å². The summed E-state index contributed by atoms with van der Waals surface area (Å²) in [5.41, 5.74) is 3.19. The zero-order chi connectivity index (χ0) is 18.8. The fourth-order valence-corrected chi connectivity index (χ4v) is 3.22. The number of carbonyl (C=O) groups excluding carboxylic acids is 1. The summed E-state index contributed by atoms with van der Waals surface area (Å²) in [6.07, 6.45) is 2.38. The van der Waals surface area contributed by atoms with Crippen molar-refractivity contribution in [3.05, 3.63) is 76.7 Å². The Kier molecular flexibility index (Phi) is 7.56. The van der Waals surface area contributed by atoms with Crippen molar-refractivity contribution >= 4 is 22.0 Å². The van der Waals surface area contributed by atoms with Crippen molar-refractivity contribution in [1.82, 2.24) is 10.0 Å². The maximum atomic E-state index is 11.9. The third-order valence-electron chi connectivity index (χ3n) is 3.87. The van der Waals surface area contributed by atoms with Gasteiger partial charge in [-0.2, -0.15) is 0 Å². The lowest BCUT2D eigenvalue weighted by Crippen LogP contribution is -2.31. The molecule has 0 heterocycles. The molecule has 1 amide bonds. The summed E-state index contributed by atoms with van der Waals surface area (Å²) in [6.45, 7) is 2.64. The van der Waals surface area contributed by atoms with Gasteiger partial charge < -0.3 is 5.32 Å². The summed E-state index contributed by atoms with van der Waals surface area (Å²) in [5, 5.41) is 3.92. The molecule has 2 N–H and O–H groups in total. The highest BCUT2D eigenvalue weighted by molar-refractivity contribution is 7.92. The van der Waals surface area contributed by atoms with Gasteiger partial charge in [0.15, 0.2) is 0 Å². The Morgan fingerprint density at radius 1 is 1.00 bits per heavy atom. The number of rotatable bonds is 9. The first-order chi connectivity index (χ1) is 12.5. The third kappa shape index (κ3) is 7.21. The summed E-state index contributed by atoms with van der Waals surface area (Å²) in [4.78, 5) is 11.8. The second-order valence-electron chi connectivity index (χ2n) is 5.93. The standard InChI is InChI=1S/C20H24N2O3S/c1-17-7-5-6-10-19(17)11-14-21-20(23)12-15-22-26(24,25)16-13-18-8-3-2-4-9-18/h2-10,13,16,22H,11-12,14-15H2,1H3,(H,21,23)/b16-13+. The van der Waals surface area contributed by atoms with Crippen LogP contribution in [0.5, 0.6) is 0 Å². The summed E-state index contributed by atoms with van der Waals surface area (Å²) < 4.78 is 26.2. The number of sulfonamides is 1. The van der Waals surface area contributed by atoms with Crippen LogP contribution < -0.4 is 10.0 Å². The number of hydrogen-bond acceptors (Lipinski definition) is 3. The third-order valence-corrected chi connectivity index (χ3v) is 4.97. The molecule has 6 heteroatoms. The molecule has 0 aromatic heterocycles. The number of amides is 1. The minimum atomic E-state index is -3.56. The second kappa shape index (κ2) is 9.89. The molecule has 0 aliphatic rings. The van der Waals surface area contributed by atoms with Crippen molar-refractivity contribution in [3.63, 3.8) is 0 Å². The molecule has 138 valence electrons. The number of aryl methyl sites for hydroxylation is 1. The van der Waals surface area contributed by atoms with Gasteiger partial charge in [0.1, 0.15) is 0 Å². The molecule has 0 aliphatic heterocycles. The number of benzene rings is 2. The van der Waals surface area contributed by atoms with Crippen LogP contribution in [0.15, 0.2) is 60.0 Å². The van der Waals surface area contributed by atoms with Gasteiger partial charge >= 0.3 is 0 Å². The van der Waals surface area contributed by atoms with E-state index in [-0.39, 0.29) is 18.9 Å². The Hall–Kier alpha value is -2.44. The Morgan fingerprint density at radius 2 is 1.69 bits per heavy atom. The lowest BCUT2D eigenvalue weighted by molar-refractivity contribution is -0.120. The van der Waals surface area contributed by atoms with Crippen LogP contribution in [0, 0.1) is 6.92 Å². The first-order valence-electron chi connectivity index (χ1n) is 8.50. The molecular weight excluding hydrogens is 348 g/mol. The van der Waals surface area contributed by atoms with E-state index in [0.29, 0.717) is 6.54 Å². The van der Waals surface area contributed by atoms with E-state index in [0.717, 1.165) is 17.4 Å². The summed E-state index contributed by atoms with van der Waals surface area (Å²) in [7, 11) is -3.56. The van der Waals surface area contributed by atoms with E-state index in [1.54, 1.807) is 0 Å². The zero-order valence-corrected chi connectivity index (χ0v) is 15.6. The zero-order valence-electron chi connectivity index (χ0n) is 14.8. The molecule has 0 saturated carbocycles. The predicted molar refractivity (Wildman–Crippen MR) is 105 cm³/mol. The quantitative estimate of drug-likeness (QED) is 0.710. The molecule has 0 radical (unpaired) electrons. The van der Waals surface area contributed by atoms with Crippen molar-refractivity contribution < 1.29 is 13.2 Å². The van der Waals surface area contributed by atoms with Crippen LogP contribution in [-0.4, -0.2) is 27.4 Å². The van der Waals surface area contributed by atoms with Crippen LogP contribution >= 0.6 is 0 Å². The average molecular weight is 372 g/mol. The van der Waals surface area contributed by atoms with Crippen LogP contribution in [0.2, 0.25) is 0 Å². The van der Waals surface area contributed by atoms with Crippen molar-refractivity contribution in [2.45, 2.75) is 19.8 Å². The largest absolute Gasteiger partial charge is 0.356 e. The first kappa shape index (κ1) is 19.9. The van der Waals surface area contributed by atoms with Crippen LogP contribution in [-0.2, 0) is 21.2 Å². The Bertz CT molecular complexity index is 846. The Labute approximate surface area is 155 Å². The van der Waals surface area contributed by atoms with Crippen molar-refractivity contribution in [2.75, 3.05) is 13.1 Å². The Balaban J connectivity index is 1.69. The molecule has 0 spiro atoms. The fraction of sp³-hybridized carbons (Fsp3) is 0.250. The maximum Gasteiger partial charge on any atom is 0.233 e. The summed E-state index contributed by atoms with van der Waals surface area (Å²) in [5.74, 6) is -0.173. The minimum absolute atomic E-state index is 0.0671. The van der Waals surface area contributed by atoms with Crippen molar-refractivity contribution in [2.24, 2.45) is 0 Å². The molecule has 2 aromatic rings. The molecule has 0 bridgehead atoms. The summed E-state index contributed by atoms with van der Waals surface area (Å²) in [6, 6.07) is 17.2. The van der Waals surface area contributed by atoms with Gasteiger partial charge in [0.05, 0.1) is 0 Å². The molecule has 0 atom stereocenters. The lowest BCUT2D eigenvalue weighted by Gasteiger charge is -2.08. The van der Waals surface area contributed by atoms with Crippen LogP contribution in [0.1, 0.15) is 23.1 Å². The van der Waals surface area contributed by atoms with Gasteiger partial charge in [0, 0.05) is 24.9 Å². The van der Waals surface area contributed by atoms with E-state index in [4.69, 9.17) is 0 Å². The highest BCUT2D eigenvalue weighted by atomic mass is 32.2. The number of carbonyl (C=O) groups is 1. The minimum Gasteiger partial charge on any atom is -0.356 e. The highest BCUT2D eigenvalue weighted by Gasteiger charge is 2.07. The van der Waals surface area contributed by atoms with Gasteiger partial charge in [0.25, 0.3) is 0 Å². The van der Waals surface area contributed by atoms with Crippen LogP contribution in [0.25, 0.3) is 6.08 Å². The second-order valence-corrected chi connectivity index (χ2v) is 7.58. The molecule has 5 nitrogen and oxygen atoms in total. The van der Waals surface area contributed by atoms with E-state index in [1.807, 2.05) is 61.5 Å². The lowest BCUT2D eigenvalue weighted by atomic mass is 10.1. The smallest absolute Gasteiger partial charge is 0.233 e. The van der Waals surface area contributed by atoms with E-state index in [1.165, 1.54) is 17.2 Å². The van der Waals surface area contributed by atoms with Crippen molar-refractivity contribution in [1.29, 1.82) is 0 Å². The van der Waals surface area contributed by atoms with E-state index in [2.05, 4.69) is 10.0 Å². The summed E-state index contributed by atoms with van der Waals surface area (Å²) >= 11 is 0. The van der Waals surface area contributed by atoms with Gasteiger partial charge in [-0.3, -0.25) is 4.79 Å². The van der Waals surface area contributed by atoms with Gasteiger partial charge in [-0.1, -0.05) is 54.6 Å². The molecule has 0 aliphatic carbocycles. The predicted octanol–water partition coefficient (Wildman–Crippen LogP) is 2.63. The molecule has 2 rings (SSSR count). The van der Waals surface area contributed by atoms with E-state index < -0.39 is 10.0 Å². The molecule has 0 fully saturated rings. The first-order valence-corrected chi connectivity index (χ1v) is 10.0. The maximum absolute atomic E-state index is 11.9. The number of nitrogens with one attached hydrogen (secondary N) is 2. The van der Waals surface area contributed by atoms with Gasteiger partial charge in [-0.25, -0.2) is 13.1 Å². The van der Waals surface area contributed by atoms with Crippen LogP contribution in [0.4, 0.5) is 0 Å². The molecule has 2 aromatic carbocycles. The average Bonchev–Trinajstić information content (AvgIpc) is 2.62. The SMILES string of the molecule is Cc1ccccc1CCNC(=O)CCNS(=O)(=O)/C=C/c1ccccc1. The van der Waals surface area contributed by atoms with E-state index in [9.17, 15) is 13.2 Å². The molecule has 0 unspecified atom stereocenters. The molecule has 26 heavy (non-hydrogen) atoms. The van der Waals surface area contributed by atoms with Gasteiger partial charge in [-0.15, -0.1) is 0 Å². The molecular formula is C20H24N2O3S. The van der Waals surface area contributed by atoms with Gasteiger partial charge in [0.2, 0.25) is 15.9 Å². The highest BCUT2D eigenvalue weighted by Crippen LogP contribution is 2.07.